The third-order valence-electron chi connectivity index (χ3n) is 2.69. The Labute approximate surface area is 99.3 Å². The maximum atomic E-state index is 11.6. The minimum absolute atomic E-state index is 0.106. The highest BCUT2D eigenvalue weighted by atomic mass is 16.6. The molecular formula is C12H14N2O3. The Bertz CT molecular complexity index is 445. The number of hydrogen-bond acceptors (Lipinski definition) is 3. The van der Waals surface area contributed by atoms with Gasteiger partial charge in [0.25, 0.3) is 5.91 Å². The molecule has 1 aliphatic heterocycles. The molecule has 0 aliphatic carbocycles. The number of nitrogens with one attached hydrogen (secondary N) is 1. The molecule has 0 saturated carbocycles. The predicted octanol–water partition coefficient (Wildman–Crippen LogP) is 1.10. The highest BCUT2D eigenvalue weighted by Gasteiger charge is 2.22. The van der Waals surface area contributed by atoms with Gasteiger partial charge in [-0.3, -0.25) is 14.4 Å². The number of hydroxylamine groups is 1. The van der Waals surface area contributed by atoms with E-state index in [9.17, 15) is 9.59 Å². The first-order valence-corrected chi connectivity index (χ1v) is 5.46. The fourth-order valence-corrected chi connectivity index (χ4v) is 1.89. The number of rotatable bonds is 3. The van der Waals surface area contributed by atoms with E-state index in [-0.39, 0.29) is 11.8 Å². The maximum Gasteiger partial charge on any atom is 0.274 e. The predicted molar refractivity (Wildman–Crippen MR) is 62.5 cm³/mol. The summed E-state index contributed by atoms with van der Waals surface area (Å²) in [6.45, 7) is 0.716. The lowest BCUT2D eigenvalue weighted by molar-refractivity contribution is -0.117. The normalized spacial score (nSPS) is 15.1. The zero-order chi connectivity index (χ0) is 12.3. The van der Waals surface area contributed by atoms with E-state index in [1.165, 1.54) is 7.11 Å². The second-order valence-electron chi connectivity index (χ2n) is 3.83. The van der Waals surface area contributed by atoms with Crippen LogP contribution >= 0.6 is 0 Å². The van der Waals surface area contributed by atoms with Crippen LogP contribution in [0.5, 0.6) is 0 Å². The van der Waals surface area contributed by atoms with Crippen LogP contribution in [0.3, 0.4) is 0 Å². The molecule has 5 heteroatoms. The molecule has 0 unspecified atom stereocenters. The summed E-state index contributed by atoms with van der Waals surface area (Å²) in [5.74, 6) is -0.213. The molecule has 0 atom stereocenters. The summed E-state index contributed by atoms with van der Waals surface area (Å²) >= 11 is 0. The fraction of sp³-hybridized carbons (Fsp3) is 0.333. The SMILES string of the molecule is CONC(=O)c1cccc(N2CCCC2=O)c1. The Morgan fingerprint density at radius 2 is 2.29 bits per heavy atom. The van der Waals surface area contributed by atoms with Gasteiger partial charge in [0.2, 0.25) is 5.91 Å². The van der Waals surface area contributed by atoms with Gasteiger partial charge in [0.15, 0.2) is 0 Å². The highest BCUT2D eigenvalue weighted by molar-refractivity contribution is 5.98. The van der Waals surface area contributed by atoms with Gasteiger partial charge < -0.3 is 4.90 Å². The van der Waals surface area contributed by atoms with Crippen LogP contribution in [-0.2, 0) is 9.63 Å². The van der Waals surface area contributed by atoms with E-state index in [2.05, 4.69) is 10.3 Å². The molecule has 17 heavy (non-hydrogen) atoms. The van der Waals surface area contributed by atoms with Crippen molar-refractivity contribution in [2.75, 3.05) is 18.6 Å². The van der Waals surface area contributed by atoms with Crippen LogP contribution in [0.4, 0.5) is 5.69 Å². The van der Waals surface area contributed by atoms with Gasteiger partial charge >= 0.3 is 0 Å². The highest BCUT2D eigenvalue weighted by Crippen LogP contribution is 2.22. The second kappa shape index (κ2) is 4.97. The van der Waals surface area contributed by atoms with Gasteiger partial charge in [0.05, 0.1) is 7.11 Å². The van der Waals surface area contributed by atoms with E-state index in [1.807, 2.05) is 6.07 Å². The molecule has 0 aromatic heterocycles. The van der Waals surface area contributed by atoms with Crippen molar-refractivity contribution in [1.82, 2.24) is 5.48 Å². The minimum atomic E-state index is -0.319. The summed E-state index contributed by atoms with van der Waals surface area (Å²) < 4.78 is 0. The lowest BCUT2D eigenvalue weighted by Crippen LogP contribution is -2.25. The molecule has 1 heterocycles. The van der Waals surface area contributed by atoms with Crippen molar-refractivity contribution in [2.24, 2.45) is 0 Å². The zero-order valence-corrected chi connectivity index (χ0v) is 9.60. The van der Waals surface area contributed by atoms with Crippen LogP contribution in [0.1, 0.15) is 23.2 Å². The van der Waals surface area contributed by atoms with Gasteiger partial charge in [-0.25, -0.2) is 5.48 Å². The third kappa shape index (κ3) is 2.45. The van der Waals surface area contributed by atoms with Crippen molar-refractivity contribution in [3.63, 3.8) is 0 Å². The number of carbonyl (C=O) groups excluding carboxylic acids is 2. The van der Waals surface area contributed by atoms with Crippen molar-refractivity contribution in [1.29, 1.82) is 0 Å². The average molecular weight is 234 g/mol. The molecule has 1 aromatic carbocycles. The smallest absolute Gasteiger partial charge is 0.274 e. The zero-order valence-electron chi connectivity index (χ0n) is 9.60. The molecule has 90 valence electrons. The van der Waals surface area contributed by atoms with E-state index in [0.29, 0.717) is 18.5 Å². The molecule has 2 amide bonds. The molecule has 2 rings (SSSR count). The number of benzene rings is 1. The monoisotopic (exact) mass is 234 g/mol. The van der Waals surface area contributed by atoms with Gasteiger partial charge in [-0.1, -0.05) is 6.07 Å². The lowest BCUT2D eigenvalue weighted by Gasteiger charge is -2.16. The topological polar surface area (TPSA) is 58.6 Å². The van der Waals surface area contributed by atoms with Gasteiger partial charge in [0, 0.05) is 24.2 Å². The Morgan fingerprint density at radius 1 is 1.47 bits per heavy atom. The summed E-state index contributed by atoms with van der Waals surface area (Å²) in [6.07, 6.45) is 1.45. The first-order valence-electron chi connectivity index (χ1n) is 5.46. The molecule has 1 N–H and O–H groups in total. The number of amides is 2. The fourth-order valence-electron chi connectivity index (χ4n) is 1.89. The number of hydrogen-bond donors (Lipinski definition) is 1. The summed E-state index contributed by atoms with van der Waals surface area (Å²) in [7, 11) is 1.38. The van der Waals surface area contributed by atoms with Crippen LogP contribution in [0, 0.1) is 0 Å². The van der Waals surface area contributed by atoms with Gasteiger partial charge in [-0.05, 0) is 24.6 Å². The molecule has 5 nitrogen and oxygen atoms in total. The van der Waals surface area contributed by atoms with Crippen molar-refractivity contribution in [3.8, 4) is 0 Å². The lowest BCUT2D eigenvalue weighted by atomic mass is 10.2. The van der Waals surface area contributed by atoms with Crippen molar-refractivity contribution in [3.05, 3.63) is 29.8 Å². The molecular weight excluding hydrogens is 220 g/mol. The molecule has 1 aliphatic rings. The largest absolute Gasteiger partial charge is 0.312 e. The van der Waals surface area contributed by atoms with Crippen molar-refractivity contribution in [2.45, 2.75) is 12.8 Å². The maximum absolute atomic E-state index is 11.6. The number of anilines is 1. The minimum Gasteiger partial charge on any atom is -0.312 e. The standard InChI is InChI=1S/C12H14N2O3/c1-17-13-12(16)9-4-2-5-10(8-9)14-7-3-6-11(14)15/h2,4-5,8H,3,6-7H2,1H3,(H,13,16). The van der Waals surface area contributed by atoms with Gasteiger partial charge in [-0.2, -0.15) is 0 Å². The van der Waals surface area contributed by atoms with Crippen molar-refractivity contribution >= 4 is 17.5 Å². The van der Waals surface area contributed by atoms with E-state index in [0.717, 1.165) is 12.1 Å². The van der Waals surface area contributed by atoms with Crippen LogP contribution in [0.15, 0.2) is 24.3 Å². The number of nitrogens with zero attached hydrogens (tertiary/aromatic N) is 1. The quantitative estimate of drug-likeness (QED) is 0.797. The molecule has 1 aromatic rings. The second-order valence-corrected chi connectivity index (χ2v) is 3.83. The Kier molecular flexibility index (Phi) is 3.39. The van der Waals surface area contributed by atoms with Crippen LogP contribution in [0.2, 0.25) is 0 Å². The molecule has 0 spiro atoms. The first kappa shape index (κ1) is 11.6. The first-order chi connectivity index (χ1) is 8.22. The van der Waals surface area contributed by atoms with E-state index < -0.39 is 0 Å². The molecule has 0 radical (unpaired) electrons. The van der Waals surface area contributed by atoms with Crippen molar-refractivity contribution < 1.29 is 14.4 Å². The average Bonchev–Trinajstić information content (AvgIpc) is 2.76. The van der Waals surface area contributed by atoms with Crippen LogP contribution in [-0.4, -0.2) is 25.5 Å². The Balaban J connectivity index is 2.22. The molecule has 1 fully saturated rings. The van der Waals surface area contributed by atoms with E-state index in [1.54, 1.807) is 23.1 Å². The Hall–Kier alpha value is -1.88. The summed E-state index contributed by atoms with van der Waals surface area (Å²) in [6, 6.07) is 6.95. The van der Waals surface area contributed by atoms with E-state index >= 15 is 0 Å². The number of carbonyl (C=O) groups is 2. The van der Waals surface area contributed by atoms with Gasteiger partial charge in [-0.15, -0.1) is 0 Å². The molecule has 0 bridgehead atoms. The van der Waals surface area contributed by atoms with Crippen LogP contribution < -0.4 is 10.4 Å². The van der Waals surface area contributed by atoms with Gasteiger partial charge in [0.1, 0.15) is 0 Å². The summed E-state index contributed by atoms with van der Waals surface area (Å²) in [4.78, 5) is 29.4. The summed E-state index contributed by atoms with van der Waals surface area (Å²) in [5, 5.41) is 0. The third-order valence-corrected chi connectivity index (χ3v) is 2.69. The molecule has 1 saturated heterocycles. The Morgan fingerprint density at radius 3 is 2.94 bits per heavy atom. The summed E-state index contributed by atoms with van der Waals surface area (Å²) in [5.41, 5.74) is 3.48. The van der Waals surface area contributed by atoms with Crippen LogP contribution in [0.25, 0.3) is 0 Å². The van der Waals surface area contributed by atoms with E-state index in [4.69, 9.17) is 0 Å².